The maximum absolute atomic E-state index is 3.64. The van der Waals surface area contributed by atoms with Gasteiger partial charge in [-0.1, -0.05) is 74.0 Å². The summed E-state index contributed by atoms with van der Waals surface area (Å²) in [5.41, 5.74) is 2.83. The molecule has 1 atom stereocenters. The van der Waals surface area contributed by atoms with Crippen LogP contribution in [0.15, 0.2) is 60.7 Å². The first-order chi connectivity index (χ1) is 12.8. The molecule has 0 amide bonds. The van der Waals surface area contributed by atoms with Crippen LogP contribution in [0.25, 0.3) is 0 Å². The number of benzene rings is 2. The molecule has 1 N–H and O–H groups in total. The number of piperidine rings is 1. The van der Waals surface area contributed by atoms with Crippen LogP contribution in [-0.2, 0) is 13.1 Å². The van der Waals surface area contributed by atoms with Gasteiger partial charge < -0.3 is 5.32 Å². The van der Waals surface area contributed by atoms with Gasteiger partial charge in [-0.05, 0) is 61.9 Å². The molecule has 1 aliphatic rings. The van der Waals surface area contributed by atoms with Crippen LogP contribution < -0.4 is 5.32 Å². The van der Waals surface area contributed by atoms with Crippen LogP contribution >= 0.6 is 0 Å². The number of likely N-dealkylation sites (tertiary alicyclic amines) is 1. The molecule has 2 aromatic carbocycles. The van der Waals surface area contributed by atoms with E-state index in [0.29, 0.717) is 0 Å². The molecular formula is C24H34N2. The number of nitrogens with one attached hydrogen (secondary N) is 1. The highest BCUT2D eigenvalue weighted by Gasteiger charge is 2.25. The Morgan fingerprint density at radius 2 is 1.54 bits per heavy atom. The summed E-state index contributed by atoms with van der Waals surface area (Å²) in [6, 6.07) is 21.6. The van der Waals surface area contributed by atoms with Crippen molar-refractivity contribution in [2.75, 3.05) is 19.6 Å². The molecule has 0 radical (unpaired) electrons. The number of rotatable bonds is 9. The van der Waals surface area contributed by atoms with Crippen LogP contribution in [-0.4, -0.2) is 24.5 Å². The maximum atomic E-state index is 3.64. The van der Waals surface area contributed by atoms with E-state index in [1.54, 1.807) is 0 Å². The molecule has 0 aromatic heterocycles. The fourth-order valence-corrected chi connectivity index (χ4v) is 4.31. The van der Waals surface area contributed by atoms with Crippen molar-refractivity contribution in [2.24, 2.45) is 11.8 Å². The zero-order valence-electron chi connectivity index (χ0n) is 16.2. The molecule has 3 rings (SSSR count). The van der Waals surface area contributed by atoms with Crippen molar-refractivity contribution in [2.45, 2.75) is 45.7 Å². The SMILES string of the molecule is CCC(CCNCc1ccccc1)C1CCN(Cc2ccccc2)CC1. The van der Waals surface area contributed by atoms with Gasteiger partial charge in [0.05, 0.1) is 0 Å². The highest BCUT2D eigenvalue weighted by atomic mass is 15.1. The van der Waals surface area contributed by atoms with Crippen LogP contribution in [0.5, 0.6) is 0 Å². The van der Waals surface area contributed by atoms with E-state index in [0.717, 1.165) is 31.5 Å². The van der Waals surface area contributed by atoms with E-state index in [-0.39, 0.29) is 0 Å². The average Bonchev–Trinajstić information content (AvgIpc) is 2.70. The van der Waals surface area contributed by atoms with E-state index in [1.807, 2.05) is 0 Å². The molecule has 2 nitrogen and oxygen atoms in total. The van der Waals surface area contributed by atoms with E-state index in [2.05, 4.69) is 77.8 Å². The van der Waals surface area contributed by atoms with Crippen LogP contribution in [0.4, 0.5) is 0 Å². The molecule has 1 unspecified atom stereocenters. The minimum Gasteiger partial charge on any atom is -0.313 e. The van der Waals surface area contributed by atoms with Gasteiger partial charge >= 0.3 is 0 Å². The highest BCUT2D eigenvalue weighted by molar-refractivity contribution is 5.15. The fourth-order valence-electron chi connectivity index (χ4n) is 4.31. The van der Waals surface area contributed by atoms with Crippen molar-refractivity contribution in [3.63, 3.8) is 0 Å². The summed E-state index contributed by atoms with van der Waals surface area (Å²) in [6.45, 7) is 8.13. The van der Waals surface area contributed by atoms with Gasteiger partial charge in [0.1, 0.15) is 0 Å². The fraction of sp³-hybridized carbons (Fsp3) is 0.500. The zero-order chi connectivity index (χ0) is 18.0. The lowest BCUT2D eigenvalue weighted by molar-refractivity contribution is 0.135. The monoisotopic (exact) mass is 350 g/mol. The van der Waals surface area contributed by atoms with E-state index in [4.69, 9.17) is 0 Å². The topological polar surface area (TPSA) is 15.3 Å². The van der Waals surface area contributed by atoms with Crippen molar-refractivity contribution < 1.29 is 0 Å². The molecule has 2 aromatic rings. The summed E-state index contributed by atoms with van der Waals surface area (Å²) < 4.78 is 0. The van der Waals surface area contributed by atoms with Crippen molar-refractivity contribution in [1.82, 2.24) is 10.2 Å². The predicted octanol–water partition coefficient (Wildman–Crippen LogP) is 5.10. The lowest BCUT2D eigenvalue weighted by Gasteiger charge is -2.36. The van der Waals surface area contributed by atoms with Crippen molar-refractivity contribution in [3.8, 4) is 0 Å². The first kappa shape index (κ1) is 19.1. The molecule has 0 saturated carbocycles. The zero-order valence-corrected chi connectivity index (χ0v) is 16.2. The summed E-state index contributed by atoms with van der Waals surface area (Å²) in [5.74, 6) is 1.78. The molecule has 1 heterocycles. The quantitative estimate of drug-likeness (QED) is 0.633. The number of hydrogen-bond acceptors (Lipinski definition) is 2. The Morgan fingerprint density at radius 3 is 2.15 bits per heavy atom. The number of hydrogen-bond donors (Lipinski definition) is 1. The van der Waals surface area contributed by atoms with Gasteiger partial charge in [0.25, 0.3) is 0 Å². The third kappa shape index (κ3) is 5.96. The largest absolute Gasteiger partial charge is 0.313 e. The molecule has 1 aliphatic heterocycles. The Morgan fingerprint density at radius 1 is 0.923 bits per heavy atom. The second-order valence-electron chi connectivity index (χ2n) is 7.72. The standard InChI is InChI=1S/C24H34N2/c1-2-23(13-16-25-19-21-9-5-3-6-10-21)24-14-17-26(18-15-24)20-22-11-7-4-8-12-22/h3-12,23-25H,2,13-20H2,1H3. The molecular weight excluding hydrogens is 316 g/mol. The summed E-state index contributed by atoms with van der Waals surface area (Å²) in [7, 11) is 0. The Bertz CT molecular complexity index is 600. The molecule has 0 bridgehead atoms. The minimum atomic E-state index is 0.872. The summed E-state index contributed by atoms with van der Waals surface area (Å²) in [6.07, 6.45) is 5.36. The smallest absolute Gasteiger partial charge is 0.0233 e. The van der Waals surface area contributed by atoms with Crippen LogP contribution in [0, 0.1) is 11.8 Å². The molecule has 26 heavy (non-hydrogen) atoms. The Hall–Kier alpha value is -1.64. The maximum Gasteiger partial charge on any atom is 0.0233 e. The predicted molar refractivity (Wildman–Crippen MR) is 111 cm³/mol. The highest BCUT2D eigenvalue weighted by Crippen LogP contribution is 2.30. The Balaban J connectivity index is 1.36. The summed E-state index contributed by atoms with van der Waals surface area (Å²) in [5, 5.41) is 3.64. The normalized spacial score (nSPS) is 17.3. The van der Waals surface area contributed by atoms with Crippen molar-refractivity contribution >= 4 is 0 Å². The molecule has 140 valence electrons. The van der Waals surface area contributed by atoms with Crippen LogP contribution in [0.3, 0.4) is 0 Å². The van der Waals surface area contributed by atoms with Crippen LogP contribution in [0.1, 0.15) is 43.7 Å². The molecule has 2 heteroatoms. The first-order valence-electron chi connectivity index (χ1n) is 10.4. The molecule has 0 aliphatic carbocycles. The van der Waals surface area contributed by atoms with Gasteiger partial charge in [0.2, 0.25) is 0 Å². The van der Waals surface area contributed by atoms with Crippen molar-refractivity contribution in [3.05, 3.63) is 71.8 Å². The lowest BCUT2D eigenvalue weighted by atomic mass is 9.80. The third-order valence-corrected chi connectivity index (χ3v) is 5.94. The van der Waals surface area contributed by atoms with Gasteiger partial charge in [-0.15, -0.1) is 0 Å². The van der Waals surface area contributed by atoms with Gasteiger partial charge in [-0.3, -0.25) is 4.90 Å². The van der Waals surface area contributed by atoms with E-state index in [9.17, 15) is 0 Å². The van der Waals surface area contributed by atoms with E-state index < -0.39 is 0 Å². The molecule has 0 spiro atoms. The minimum absolute atomic E-state index is 0.872. The Labute approximate surface area is 159 Å². The van der Waals surface area contributed by atoms with Crippen molar-refractivity contribution in [1.29, 1.82) is 0 Å². The molecule has 1 saturated heterocycles. The summed E-state index contributed by atoms with van der Waals surface area (Å²) in [4.78, 5) is 2.63. The van der Waals surface area contributed by atoms with Crippen LogP contribution in [0.2, 0.25) is 0 Å². The van der Waals surface area contributed by atoms with Gasteiger partial charge in [-0.2, -0.15) is 0 Å². The second-order valence-corrected chi connectivity index (χ2v) is 7.72. The lowest BCUT2D eigenvalue weighted by Crippen LogP contribution is -2.36. The van der Waals surface area contributed by atoms with Gasteiger partial charge in [0, 0.05) is 13.1 Å². The van der Waals surface area contributed by atoms with E-state index >= 15 is 0 Å². The molecule has 1 fully saturated rings. The second kappa shape index (κ2) is 10.5. The first-order valence-corrected chi connectivity index (χ1v) is 10.4. The summed E-state index contributed by atoms with van der Waals surface area (Å²) >= 11 is 0. The van der Waals surface area contributed by atoms with Gasteiger partial charge in [-0.25, -0.2) is 0 Å². The van der Waals surface area contributed by atoms with Gasteiger partial charge in [0.15, 0.2) is 0 Å². The Kier molecular flexibility index (Phi) is 7.72. The van der Waals surface area contributed by atoms with E-state index in [1.165, 1.54) is 49.9 Å². The third-order valence-electron chi connectivity index (χ3n) is 5.94. The average molecular weight is 351 g/mol. The number of nitrogens with zero attached hydrogens (tertiary/aromatic N) is 1.